The molecule has 0 bridgehead atoms. The molecular weight excluding hydrogens is 440 g/mol. The van der Waals surface area contributed by atoms with Crippen LogP contribution in [0.1, 0.15) is 12.8 Å². The number of carbonyl (C=O) groups is 2. The summed E-state index contributed by atoms with van der Waals surface area (Å²) in [6.45, 7) is 4.48. The zero-order valence-corrected chi connectivity index (χ0v) is 19.9. The molecular formula is C25H30N2O5S. The Hall–Kier alpha value is -2.71. The summed E-state index contributed by atoms with van der Waals surface area (Å²) in [7, 11) is 2.92. The van der Waals surface area contributed by atoms with Gasteiger partial charge < -0.3 is 19.1 Å². The van der Waals surface area contributed by atoms with Crippen molar-refractivity contribution in [1.29, 1.82) is 0 Å². The van der Waals surface area contributed by atoms with Crippen LogP contribution in [0, 0.1) is 0 Å². The lowest BCUT2D eigenvalue weighted by molar-refractivity contribution is -0.147. The van der Waals surface area contributed by atoms with Gasteiger partial charge in [-0.05, 0) is 49.7 Å². The second-order valence-electron chi connectivity index (χ2n) is 8.21. The third-order valence-electron chi connectivity index (χ3n) is 6.26. The van der Waals surface area contributed by atoms with Crippen molar-refractivity contribution >= 4 is 29.2 Å². The Balaban J connectivity index is 1.41. The predicted molar refractivity (Wildman–Crippen MR) is 128 cm³/mol. The summed E-state index contributed by atoms with van der Waals surface area (Å²) < 4.78 is 14.8. The molecule has 0 aliphatic carbocycles. The van der Waals surface area contributed by atoms with E-state index < -0.39 is 10.7 Å². The van der Waals surface area contributed by atoms with E-state index >= 15 is 0 Å². The number of piperazine rings is 1. The molecule has 0 aromatic heterocycles. The average molecular weight is 471 g/mol. The summed E-state index contributed by atoms with van der Waals surface area (Å²) in [4.78, 5) is 31.6. The molecule has 2 aliphatic heterocycles. The van der Waals surface area contributed by atoms with E-state index in [2.05, 4.69) is 34.1 Å². The van der Waals surface area contributed by atoms with Crippen molar-refractivity contribution in [3.8, 4) is 11.5 Å². The van der Waals surface area contributed by atoms with Crippen LogP contribution in [-0.2, 0) is 14.3 Å². The molecule has 0 saturated carbocycles. The van der Waals surface area contributed by atoms with Gasteiger partial charge in [-0.1, -0.05) is 30.0 Å². The topological polar surface area (TPSA) is 68.3 Å². The SMILES string of the molecule is COC(=O)C1(CCCN2CCN(c3ccccc3)CC2)Sc2cc(OC)ccc2OCC1=O. The molecule has 1 fully saturated rings. The maximum Gasteiger partial charge on any atom is 0.330 e. The molecule has 2 aliphatic rings. The number of anilines is 1. The fourth-order valence-electron chi connectivity index (χ4n) is 4.35. The third-order valence-corrected chi connectivity index (χ3v) is 7.74. The Morgan fingerprint density at radius 2 is 1.85 bits per heavy atom. The number of benzene rings is 2. The number of Topliss-reactive ketones (excluding diaryl/α,β-unsaturated/α-hetero) is 1. The van der Waals surface area contributed by atoms with Crippen LogP contribution in [0.5, 0.6) is 11.5 Å². The van der Waals surface area contributed by atoms with Crippen molar-refractivity contribution < 1.29 is 23.8 Å². The summed E-state index contributed by atoms with van der Waals surface area (Å²) in [5, 5.41) is 0. The van der Waals surface area contributed by atoms with Crippen LogP contribution in [-0.4, -0.2) is 74.9 Å². The van der Waals surface area contributed by atoms with Crippen LogP contribution < -0.4 is 14.4 Å². The molecule has 1 unspecified atom stereocenters. The molecule has 33 heavy (non-hydrogen) atoms. The van der Waals surface area contributed by atoms with Crippen LogP contribution in [0.4, 0.5) is 5.69 Å². The molecule has 2 heterocycles. The fourth-order valence-corrected chi connectivity index (χ4v) is 5.72. The van der Waals surface area contributed by atoms with E-state index in [0.717, 1.165) is 32.7 Å². The van der Waals surface area contributed by atoms with Crippen molar-refractivity contribution in [2.24, 2.45) is 0 Å². The standard InChI is InChI=1S/C25H30N2O5S/c1-30-20-9-10-21-22(17-20)33-25(24(29)31-2,23(28)18-32-21)11-6-12-26-13-15-27(16-14-26)19-7-4-3-5-8-19/h3-5,7-10,17H,6,11-16,18H2,1-2H3. The normalized spacial score (nSPS) is 21.0. The van der Waals surface area contributed by atoms with E-state index in [0.29, 0.717) is 29.2 Å². The molecule has 2 aromatic carbocycles. The van der Waals surface area contributed by atoms with Gasteiger partial charge in [0.15, 0.2) is 10.5 Å². The smallest absolute Gasteiger partial charge is 0.330 e. The van der Waals surface area contributed by atoms with Crippen molar-refractivity contribution in [3.63, 3.8) is 0 Å². The van der Waals surface area contributed by atoms with Gasteiger partial charge in [0, 0.05) is 31.9 Å². The molecule has 0 radical (unpaired) electrons. The molecule has 1 saturated heterocycles. The number of fused-ring (bicyclic) bond motifs is 1. The average Bonchev–Trinajstić information content (AvgIpc) is 3.01. The number of para-hydroxylation sites is 1. The lowest BCUT2D eigenvalue weighted by Gasteiger charge is -2.36. The molecule has 0 amide bonds. The quantitative estimate of drug-likeness (QED) is 0.451. The highest BCUT2D eigenvalue weighted by molar-refractivity contribution is 8.02. The number of rotatable bonds is 7. The van der Waals surface area contributed by atoms with Crippen molar-refractivity contribution in [2.45, 2.75) is 22.5 Å². The van der Waals surface area contributed by atoms with Gasteiger partial charge >= 0.3 is 5.97 Å². The minimum atomic E-state index is -1.32. The first-order valence-electron chi connectivity index (χ1n) is 11.2. The second kappa shape index (κ2) is 10.5. The van der Waals surface area contributed by atoms with Crippen LogP contribution in [0.15, 0.2) is 53.4 Å². The molecule has 0 N–H and O–H groups in total. The summed E-state index contributed by atoms with van der Waals surface area (Å²) in [6.07, 6.45) is 1.10. The Labute approximate surface area is 199 Å². The number of methoxy groups -OCH3 is 2. The van der Waals surface area contributed by atoms with Crippen molar-refractivity contribution in [1.82, 2.24) is 4.90 Å². The monoisotopic (exact) mass is 470 g/mol. The van der Waals surface area contributed by atoms with E-state index in [1.165, 1.54) is 24.6 Å². The predicted octanol–water partition coefficient (Wildman–Crippen LogP) is 3.26. The lowest BCUT2D eigenvalue weighted by atomic mass is 9.97. The maximum absolute atomic E-state index is 13.1. The van der Waals surface area contributed by atoms with Gasteiger partial charge in [0.1, 0.15) is 18.1 Å². The Morgan fingerprint density at radius 3 is 2.55 bits per heavy atom. The number of ketones is 1. The highest BCUT2D eigenvalue weighted by Gasteiger charge is 2.49. The van der Waals surface area contributed by atoms with Gasteiger partial charge in [-0.3, -0.25) is 14.5 Å². The van der Waals surface area contributed by atoms with E-state index in [9.17, 15) is 9.59 Å². The molecule has 7 nitrogen and oxygen atoms in total. The largest absolute Gasteiger partial charge is 0.497 e. The van der Waals surface area contributed by atoms with Gasteiger partial charge in [-0.15, -0.1) is 0 Å². The highest BCUT2D eigenvalue weighted by atomic mass is 32.2. The molecule has 2 aromatic rings. The Kier molecular flexibility index (Phi) is 7.45. The number of nitrogens with zero attached hydrogens (tertiary/aromatic N) is 2. The van der Waals surface area contributed by atoms with E-state index in [1.54, 1.807) is 25.3 Å². The minimum absolute atomic E-state index is 0.156. The number of carbonyl (C=O) groups excluding carboxylic acids is 2. The minimum Gasteiger partial charge on any atom is -0.497 e. The number of thioether (sulfide) groups is 1. The fraction of sp³-hybridized carbons (Fsp3) is 0.440. The number of ether oxygens (including phenoxy) is 3. The van der Waals surface area contributed by atoms with Crippen molar-refractivity contribution in [3.05, 3.63) is 48.5 Å². The lowest BCUT2D eigenvalue weighted by Crippen LogP contribution is -2.48. The van der Waals surface area contributed by atoms with Crippen LogP contribution in [0.25, 0.3) is 0 Å². The summed E-state index contributed by atoms with van der Waals surface area (Å²) in [6, 6.07) is 15.8. The zero-order valence-electron chi connectivity index (χ0n) is 19.1. The molecule has 0 spiro atoms. The second-order valence-corrected chi connectivity index (χ2v) is 9.55. The van der Waals surface area contributed by atoms with E-state index in [-0.39, 0.29) is 12.4 Å². The summed E-state index contributed by atoms with van der Waals surface area (Å²) >= 11 is 1.22. The Morgan fingerprint density at radius 1 is 1.09 bits per heavy atom. The van der Waals surface area contributed by atoms with Gasteiger partial charge in [0.05, 0.1) is 19.1 Å². The Bertz CT molecular complexity index is 978. The maximum atomic E-state index is 13.1. The first kappa shape index (κ1) is 23.4. The number of esters is 1. The van der Waals surface area contributed by atoms with Crippen LogP contribution in [0.2, 0.25) is 0 Å². The third kappa shape index (κ3) is 5.12. The molecule has 8 heteroatoms. The van der Waals surface area contributed by atoms with Gasteiger partial charge in [0.2, 0.25) is 0 Å². The van der Waals surface area contributed by atoms with Crippen molar-refractivity contribution in [2.75, 3.05) is 58.5 Å². The number of hydrogen-bond acceptors (Lipinski definition) is 8. The number of hydrogen-bond donors (Lipinski definition) is 0. The van der Waals surface area contributed by atoms with Gasteiger partial charge in [-0.2, -0.15) is 0 Å². The summed E-state index contributed by atoms with van der Waals surface area (Å²) in [5.74, 6) is 0.445. The van der Waals surface area contributed by atoms with Gasteiger partial charge in [0.25, 0.3) is 0 Å². The van der Waals surface area contributed by atoms with Gasteiger partial charge in [-0.25, -0.2) is 0 Å². The van der Waals surface area contributed by atoms with Crippen LogP contribution in [0.3, 0.4) is 0 Å². The molecule has 1 atom stereocenters. The molecule has 176 valence electrons. The zero-order chi connectivity index (χ0) is 23.3. The van der Waals surface area contributed by atoms with E-state index in [4.69, 9.17) is 14.2 Å². The van der Waals surface area contributed by atoms with E-state index in [1.807, 2.05) is 6.07 Å². The summed E-state index contributed by atoms with van der Waals surface area (Å²) in [5.41, 5.74) is 1.25. The first-order chi connectivity index (χ1) is 16.1. The van der Waals surface area contributed by atoms with Crippen LogP contribution >= 0.6 is 11.8 Å². The highest BCUT2D eigenvalue weighted by Crippen LogP contribution is 2.46. The molecule has 4 rings (SSSR count). The first-order valence-corrected chi connectivity index (χ1v) is 12.0.